The summed E-state index contributed by atoms with van der Waals surface area (Å²) in [5.41, 5.74) is -0.0713. The molecule has 1 amide bonds. The first-order chi connectivity index (χ1) is 11.2. The van der Waals surface area contributed by atoms with Crippen molar-refractivity contribution in [1.82, 2.24) is 5.32 Å². The summed E-state index contributed by atoms with van der Waals surface area (Å²) in [5, 5.41) is 2.80. The molecule has 0 aliphatic heterocycles. The van der Waals surface area contributed by atoms with Crippen LogP contribution in [-0.2, 0) is 4.74 Å². The number of hydrogen-bond donors (Lipinski definition) is 1. The van der Waals surface area contributed by atoms with Gasteiger partial charge in [0.1, 0.15) is 23.8 Å². The Bertz CT molecular complexity index is 627. The van der Waals surface area contributed by atoms with Gasteiger partial charge in [0.05, 0.1) is 5.02 Å². The second-order valence-corrected chi connectivity index (χ2v) is 7.27. The van der Waals surface area contributed by atoms with Crippen molar-refractivity contribution in [3.63, 3.8) is 0 Å². The average molecular weight is 356 g/mol. The Morgan fingerprint density at radius 2 is 2.21 bits per heavy atom. The van der Waals surface area contributed by atoms with Gasteiger partial charge < -0.3 is 14.8 Å². The maximum Gasteiger partial charge on any atom is 0.407 e. The number of carbonyl (C=O) groups is 1. The fourth-order valence-electron chi connectivity index (χ4n) is 2.52. The summed E-state index contributed by atoms with van der Waals surface area (Å²) in [7, 11) is 0. The summed E-state index contributed by atoms with van der Waals surface area (Å²) < 4.78 is 25.2. The normalized spacial score (nSPS) is 19.5. The van der Waals surface area contributed by atoms with Gasteiger partial charge in [-0.3, -0.25) is 0 Å². The molecule has 0 spiro atoms. The summed E-state index contributed by atoms with van der Waals surface area (Å²) in [4.78, 5) is 11.7. The number of ether oxygens (including phenoxy) is 2. The zero-order chi connectivity index (χ0) is 17.9. The van der Waals surface area contributed by atoms with Gasteiger partial charge in [-0.05, 0) is 51.2 Å². The van der Waals surface area contributed by atoms with Crippen LogP contribution in [0.5, 0.6) is 5.75 Å². The summed E-state index contributed by atoms with van der Waals surface area (Å²) in [5.74, 6) is 0.125. The maximum atomic E-state index is 14.4. The lowest BCUT2D eigenvalue weighted by Crippen LogP contribution is -2.33. The Morgan fingerprint density at radius 1 is 1.50 bits per heavy atom. The molecule has 1 aliphatic rings. The first-order valence-electron chi connectivity index (χ1n) is 7.91. The molecule has 1 N–H and O–H groups in total. The minimum atomic E-state index is -0.544. The Balaban J connectivity index is 2.00. The van der Waals surface area contributed by atoms with Crippen LogP contribution >= 0.6 is 11.6 Å². The molecule has 6 heteroatoms. The predicted molar refractivity (Wildman–Crippen MR) is 92.2 cm³/mol. The van der Waals surface area contributed by atoms with Crippen LogP contribution in [0.15, 0.2) is 24.8 Å². The highest BCUT2D eigenvalue weighted by Crippen LogP contribution is 2.51. The second-order valence-electron chi connectivity index (χ2n) is 6.86. The van der Waals surface area contributed by atoms with Crippen LogP contribution in [0.4, 0.5) is 9.18 Å². The molecule has 0 saturated heterocycles. The molecule has 1 aromatic rings. The Morgan fingerprint density at radius 3 is 2.83 bits per heavy atom. The van der Waals surface area contributed by atoms with Crippen molar-refractivity contribution in [3.8, 4) is 5.75 Å². The fraction of sp³-hybridized carbons (Fsp3) is 0.500. The van der Waals surface area contributed by atoms with Crippen LogP contribution in [-0.4, -0.2) is 24.8 Å². The molecule has 2 atom stereocenters. The van der Waals surface area contributed by atoms with Crippen LogP contribution in [0.2, 0.25) is 5.02 Å². The number of alkyl carbamates (subject to hydrolysis) is 1. The molecule has 0 aromatic heterocycles. The lowest BCUT2D eigenvalue weighted by atomic mass is 10.1. The van der Waals surface area contributed by atoms with Crippen LogP contribution in [0.25, 0.3) is 0 Å². The molecule has 2 rings (SSSR count). The van der Waals surface area contributed by atoms with Gasteiger partial charge in [0.15, 0.2) is 0 Å². The number of amides is 1. The van der Waals surface area contributed by atoms with Gasteiger partial charge in [-0.25, -0.2) is 9.18 Å². The van der Waals surface area contributed by atoms with Crippen LogP contribution in [0, 0.1) is 11.7 Å². The highest BCUT2D eigenvalue weighted by molar-refractivity contribution is 6.30. The number of benzene rings is 1. The van der Waals surface area contributed by atoms with Crippen molar-refractivity contribution < 1.29 is 18.7 Å². The molecule has 1 fully saturated rings. The minimum Gasteiger partial charge on any atom is -0.489 e. The topological polar surface area (TPSA) is 47.6 Å². The van der Waals surface area contributed by atoms with Gasteiger partial charge >= 0.3 is 6.09 Å². The van der Waals surface area contributed by atoms with E-state index in [1.807, 2.05) is 0 Å². The molecule has 2 unspecified atom stereocenters. The Kier molecular flexibility index (Phi) is 5.75. The lowest BCUT2D eigenvalue weighted by Gasteiger charge is -2.19. The average Bonchev–Trinajstić information content (AvgIpc) is 3.24. The molecule has 1 saturated carbocycles. The first kappa shape index (κ1) is 18.6. The molecule has 0 bridgehead atoms. The molecule has 1 aromatic carbocycles. The molecule has 0 radical (unpaired) electrons. The highest BCUT2D eigenvalue weighted by Gasteiger charge is 2.42. The van der Waals surface area contributed by atoms with Gasteiger partial charge in [-0.2, -0.15) is 0 Å². The van der Waals surface area contributed by atoms with Crippen LogP contribution < -0.4 is 10.1 Å². The molecular formula is C18H23ClFNO3. The fourth-order valence-corrected chi connectivity index (χ4v) is 2.69. The standard InChI is InChI=1S/C18H23ClFNO3/c1-5-8-23-14-7-6-13(19)16(20)15(14)12-9-11(12)10-21-17(22)24-18(2,3)4/h5-7,11-12H,1,8-10H2,2-4H3,(H,21,22). The van der Waals surface area contributed by atoms with E-state index in [9.17, 15) is 9.18 Å². The van der Waals surface area contributed by atoms with Crippen molar-refractivity contribution in [2.75, 3.05) is 13.2 Å². The SMILES string of the molecule is C=CCOc1ccc(Cl)c(F)c1C1CC1CNC(=O)OC(C)(C)C. The number of halogens is 2. The molecular weight excluding hydrogens is 333 g/mol. The third-order valence-corrected chi connectivity index (χ3v) is 3.94. The summed E-state index contributed by atoms with van der Waals surface area (Å²) in [6.07, 6.45) is 1.89. The van der Waals surface area contributed by atoms with Crippen molar-refractivity contribution in [1.29, 1.82) is 0 Å². The molecule has 0 heterocycles. The van der Waals surface area contributed by atoms with Gasteiger partial charge in [-0.15, -0.1) is 0 Å². The van der Waals surface area contributed by atoms with Crippen molar-refractivity contribution in [3.05, 3.63) is 41.2 Å². The Hall–Kier alpha value is -1.75. The van der Waals surface area contributed by atoms with E-state index in [1.54, 1.807) is 32.9 Å². The van der Waals surface area contributed by atoms with E-state index in [1.165, 1.54) is 6.07 Å². The minimum absolute atomic E-state index is 0.0292. The van der Waals surface area contributed by atoms with E-state index in [0.29, 0.717) is 24.5 Å². The van der Waals surface area contributed by atoms with Crippen molar-refractivity contribution in [2.45, 2.75) is 38.7 Å². The largest absolute Gasteiger partial charge is 0.489 e. The van der Waals surface area contributed by atoms with Crippen molar-refractivity contribution in [2.24, 2.45) is 5.92 Å². The Labute approximate surface area is 147 Å². The van der Waals surface area contributed by atoms with E-state index in [2.05, 4.69) is 11.9 Å². The second kappa shape index (κ2) is 7.43. The third kappa shape index (κ3) is 4.87. The van der Waals surface area contributed by atoms with Gasteiger partial charge in [0.25, 0.3) is 0 Å². The smallest absolute Gasteiger partial charge is 0.407 e. The van der Waals surface area contributed by atoms with E-state index >= 15 is 0 Å². The van der Waals surface area contributed by atoms with Gasteiger partial charge in [-0.1, -0.05) is 24.3 Å². The van der Waals surface area contributed by atoms with E-state index in [4.69, 9.17) is 21.1 Å². The number of rotatable bonds is 6. The third-order valence-electron chi connectivity index (χ3n) is 3.65. The van der Waals surface area contributed by atoms with E-state index in [0.717, 1.165) is 6.42 Å². The van der Waals surface area contributed by atoms with Gasteiger partial charge in [0.2, 0.25) is 0 Å². The molecule has 132 valence electrons. The highest BCUT2D eigenvalue weighted by atomic mass is 35.5. The molecule has 1 aliphatic carbocycles. The lowest BCUT2D eigenvalue weighted by molar-refractivity contribution is 0.0525. The van der Waals surface area contributed by atoms with Gasteiger partial charge in [0, 0.05) is 12.1 Å². The summed E-state index contributed by atoms with van der Waals surface area (Å²) >= 11 is 5.90. The summed E-state index contributed by atoms with van der Waals surface area (Å²) in [6, 6.07) is 3.15. The van der Waals surface area contributed by atoms with E-state index in [-0.39, 0.29) is 16.9 Å². The van der Waals surface area contributed by atoms with Crippen molar-refractivity contribution >= 4 is 17.7 Å². The maximum absolute atomic E-state index is 14.4. The van der Waals surface area contributed by atoms with E-state index < -0.39 is 17.5 Å². The number of carbonyl (C=O) groups excluding carboxylic acids is 1. The zero-order valence-corrected chi connectivity index (χ0v) is 15.0. The number of hydrogen-bond acceptors (Lipinski definition) is 3. The van der Waals surface area contributed by atoms with Crippen LogP contribution in [0.3, 0.4) is 0 Å². The molecule has 4 nitrogen and oxygen atoms in total. The first-order valence-corrected chi connectivity index (χ1v) is 8.29. The molecule has 24 heavy (non-hydrogen) atoms. The monoisotopic (exact) mass is 355 g/mol. The summed E-state index contributed by atoms with van der Waals surface area (Å²) in [6.45, 7) is 9.72. The number of nitrogens with one attached hydrogen (secondary N) is 1. The zero-order valence-electron chi connectivity index (χ0n) is 14.2. The quantitative estimate of drug-likeness (QED) is 0.754. The van der Waals surface area contributed by atoms with Crippen LogP contribution in [0.1, 0.15) is 38.7 Å². The predicted octanol–water partition coefficient (Wildman–Crippen LogP) is 4.67.